The summed E-state index contributed by atoms with van der Waals surface area (Å²) in [6.07, 6.45) is 0. The van der Waals surface area contributed by atoms with Crippen LogP contribution in [0.2, 0.25) is 0 Å². The standard InChI is InChI=1S/C6H6S.C4H8O2/c7-6-4-2-1-3-5-6;1-2-6-4-3-5-1/h1-5,7H;1-4H2. The average Bonchev–Trinajstić information content (AvgIpc) is 2.22. The fourth-order valence-corrected chi connectivity index (χ4v) is 1.04. The minimum Gasteiger partial charge on any atom is -0.377 e. The summed E-state index contributed by atoms with van der Waals surface area (Å²) in [6.45, 7) is 3.11. The normalized spacial score (nSPS) is 15.8. The van der Waals surface area contributed by atoms with Crippen LogP contribution in [0.1, 0.15) is 0 Å². The molecule has 1 aliphatic rings. The van der Waals surface area contributed by atoms with Gasteiger partial charge >= 0.3 is 0 Å². The van der Waals surface area contributed by atoms with Crippen molar-refractivity contribution in [2.75, 3.05) is 26.4 Å². The first kappa shape index (κ1) is 10.6. The van der Waals surface area contributed by atoms with E-state index in [9.17, 15) is 0 Å². The Bertz CT molecular complexity index is 198. The van der Waals surface area contributed by atoms with E-state index < -0.39 is 0 Å². The van der Waals surface area contributed by atoms with Crippen molar-refractivity contribution in [3.8, 4) is 0 Å². The number of hydrogen-bond acceptors (Lipinski definition) is 3. The first-order valence-electron chi connectivity index (χ1n) is 4.29. The maximum Gasteiger partial charge on any atom is 0.0701 e. The summed E-state index contributed by atoms with van der Waals surface area (Å²) in [5.41, 5.74) is 0. The van der Waals surface area contributed by atoms with Gasteiger partial charge in [0, 0.05) is 4.90 Å². The first-order chi connectivity index (χ1) is 6.39. The number of hydrogen-bond donors (Lipinski definition) is 1. The lowest BCUT2D eigenvalue weighted by molar-refractivity contribution is -0.0334. The quantitative estimate of drug-likeness (QED) is 0.643. The predicted molar refractivity (Wildman–Crippen MR) is 55.3 cm³/mol. The molecular formula is C10H14O2S. The minimum absolute atomic E-state index is 0.778. The molecule has 1 aromatic rings. The molecule has 0 amide bonds. The third-order valence-corrected chi connectivity index (χ3v) is 1.80. The molecule has 0 radical (unpaired) electrons. The molecule has 3 heteroatoms. The van der Waals surface area contributed by atoms with Crippen molar-refractivity contribution in [2.24, 2.45) is 0 Å². The van der Waals surface area contributed by atoms with Crippen LogP contribution >= 0.6 is 12.6 Å². The van der Waals surface area contributed by atoms with Crippen LogP contribution in [0.4, 0.5) is 0 Å². The SMILES string of the molecule is C1COCCO1.Sc1ccccc1. The van der Waals surface area contributed by atoms with Gasteiger partial charge in [-0.2, -0.15) is 0 Å². The fourth-order valence-electron chi connectivity index (χ4n) is 0.868. The van der Waals surface area contributed by atoms with Gasteiger partial charge in [0.15, 0.2) is 0 Å². The number of rotatable bonds is 0. The van der Waals surface area contributed by atoms with Gasteiger partial charge in [-0.3, -0.25) is 0 Å². The van der Waals surface area contributed by atoms with Gasteiger partial charge in [0.2, 0.25) is 0 Å². The second kappa shape index (κ2) is 6.95. The number of thiol groups is 1. The Hall–Kier alpha value is -0.510. The summed E-state index contributed by atoms with van der Waals surface area (Å²) in [5, 5.41) is 0. The molecule has 1 aromatic carbocycles. The lowest BCUT2D eigenvalue weighted by Crippen LogP contribution is -2.16. The molecule has 0 N–H and O–H groups in total. The Balaban J connectivity index is 0.000000132. The van der Waals surface area contributed by atoms with Crippen LogP contribution in [-0.2, 0) is 9.47 Å². The van der Waals surface area contributed by atoms with Gasteiger partial charge in [-0.1, -0.05) is 18.2 Å². The second-order valence-electron chi connectivity index (χ2n) is 2.56. The molecule has 0 unspecified atom stereocenters. The van der Waals surface area contributed by atoms with Crippen molar-refractivity contribution in [1.29, 1.82) is 0 Å². The summed E-state index contributed by atoms with van der Waals surface area (Å²) >= 11 is 4.08. The van der Waals surface area contributed by atoms with Crippen LogP contribution in [0.5, 0.6) is 0 Å². The molecule has 2 nitrogen and oxygen atoms in total. The van der Waals surface area contributed by atoms with E-state index in [4.69, 9.17) is 9.47 Å². The summed E-state index contributed by atoms with van der Waals surface area (Å²) in [4.78, 5) is 1.02. The van der Waals surface area contributed by atoms with E-state index in [1.165, 1.54) is 0 Å². The van der Waals surface area contributed by atoms with Gasteiger partial charge in [-0.25, -0.2) is 0 Å². The topological polar surface area (TPSA) is 18.5 Å². The zero-order valence-corrected chi connectivity index (χ0v) is 8.37. The number of ether oxygens (including phenoxy) is 2. The van der Waals surface area contributed by atoms with Gasteiger partial charge in [0.05, 0.1) is 26.4 Å². The Labute approximate surface area is 84.3 Å². The summed E-state index contributed by atoms with van der Waals surface area (Å²) in [7, 11) is 0. The smallest absolute Gasteiger partial charge is 0.0701 e. The van der Waals surface area contributed by atoms with E-state index in [0.29, 0.717) is 0 Å². The van der Waals surface area contributed by atoms with E-state index in [2.05, 4.69) is 12.6 Å². The Morgan fingerprint density at radius 3 is 1.54 bits per heavy atom. The summed E-state index contributed by atoms with van der Waals surface area (Å²) in [6, 6.07) is 9.79. The fraction of sp³-hybridized carbons (Fsp3) is 0.400. The van der Waals surface area contributed by atoms with Gasteiger partial charge in [0.1, 0.15) is 0 Å². The highest BCUT2D eigenvalue weighted by molar-refractivity contribution is 7.80. The van der Waals surface area contributed by atoms with Gasteiger partial charge < -0.3 is 9.47 Å². The highest BCUT2D eigenvalue weighted by Gasteiger charge is 1.94. The third-order valence-electron chi connectivity index (χ3n) is 1.50. The van der Waals surface area contributed by atoms with E-state index in [1.807, 2.05) is 30.3 Å². The van der Waals surface area contributed by atoms with Crippen molar-refractivity contribution >= 4 is 12.6 Å². The van der Waals surface area contributed by atoms with Crippen molar-refractivity contribution < 1.29 is 9.47 Å². The molecule has 1 aliphatic heterocycles. The first-order valence-corrected chi connectivity index (χ1v) is 4.74. The maximum absolute atomic E-state index is 4.94. The Kier molecular flexibility index (Phi) is 5.65. The molecule has 0 bridgehead atoms. The Morgan fingerprint density at radius 1 is 0.846 bits per heavy atom. The van der Waals surface area contributed by atoms with Crippen LogP contribution in [0.3, 0.4) is 0 Å². The molecule has 13 heavy (non-hydrogen) atoms. The van der Waals surface area contributed by atoms with E-state index in [-0.39, 0.29) is 0 Å². The molecule has 0 aliphatic carbocycles. The van der Waals surface area contributed by atoms with Crippen LogP contribution in [0, 0.1) is 0 Å². The highest BCUT2D eigenvalue weighted by Crippen LogP contribution is 2.00. The highest BCUT2D eigenvalue weighted by atomic mass is 32.1. The van der Waals surface area contributed by atoms with Crippen LogP contribution in [0.25, 0.3) is 0 Å². The van der Waals surface area contributed by atoms with Crippen molar-refractivity contribution in [3.05, 3.63) is 30.3 Å². The molecule has 2 rings (SSSR count). The van der Waals surface area contributed by atoms with E-state index >= 15 is 0 Å². The monoisotopic (exact) mass is 198 g/mol. The van der Waals surface area contributed by atoms with E-state index in [1.54, 1.807) is 0 Å². The van der Waals surface area contributed by atoms with Crippen molar-refractivity contribution in [3.63, 3.8) is 0 Å². The zero-order valence-electron chi connectivity index (χ0n) is 7.48. The van der Waals surface area contributed by atoms with E-state index in [0.717, 1.165) is 31.3 Å². The van der Waals surface area contributed by atoms with Crippen LogP contribution < -0.4 is 0 Å². The van der Waals surface area contributed by atoms with Gasteiger partial charge in [0.25, 0.3) is 0 Å². The largest absolute Gasteiger partial charge is 0.377 e. The molecule has 0 saturated carbocycles. The Morgan fingerprint density at radius 2 is 1.31 bits per heavy atom. The molecular weight excluding hydrogens is 184 g/mol. The molecule has 1 fully saturated rings. The van der Waals surface area contributed by atoms with Gasteiger partial charge in [-0.15, -0.1) is 12.6 Å². The predicted octanol–water partition coefficient (Wildman–Crippen LogP) is 2.01. The third kappa shape index (κ3) is 5.69. The van der Waals surface area contributed by atoms with Gasteiger partial charge in [-0.05, 0) is 12.1 Å². The second-order valence-corrected chi connectivity index (χ2v) is 3.08. The lowest BCUT2D eigenvalue weighted by atomic mass is 10.4. The molecule has 0 spiro atoms. The molecule has 0 atom stereocenters. The van der Waals surface area contributed by atoms with Crippen molar-refractivity contribution in [2.45, 2.75) is 4.90 Å². The molecule has 0 aromatic heterocycles. The molecule has 1 saturated heterocycles. The van der Waals surface area contributed by atoms with Crippen LogP contribution in [0.15, 0.2) is 35.2 Å². The van der Waals surface area contributed by atoms with Crippen LogP contribution in [-0.4, -0.2) is 26.4 Å². The van der Waals surface area contributed by atoms with Crippen molar-refractivity contribution in [1.82, 2.24) is 0 Å². The zero-order chi connectivity index (χ0) is 9.36. The number of benzene rings is 1. The summed E-state index contributed by atoms with van der Waals surface area (Å²) < 4.78 is 9.89. The molecule has 1 heterocycles. The molecule has 72 valence electrons. The lowest BCUT2D eigenvalue weighted by Gasteiger charge is -2.09. The summed E-state index contributed by atoms with van der Waals surface area (Å²) in [5.74, 6) is 0. The maximum atomic E-state index is 4.94. The minimum atomic E-state index is 0.778. The average molecular weight is 198 g/mol.